The Kier molecular flexibility index (Phi) is 45.7. The number of ether oxygens (including phenoxy) is 1. The highest BCUT2D eigenvalue weighted by molar-refractivity contribution is 5.76. The molecular weight excluding hydrogens is 707 g/mol. The Bertz CT molecular complexity index is 889. The molecule has 0 heterocycles. The van der Waals surface area contributed by atoms with E-state index in [-0.39, 0.29) is 18.5 Å². The summed E-state index contributed by atoms with van der Waals surface area (Å²) in [7, 11) is 0. The molecule has 0 spiro atoms. The third-order valence-corrected chi connectivity index (χ3v) is 11.5. The highest BCUT2D eigenvalue weighted by Crippen LogP contribution is 2.16. The first-order chi connectivity index (χ1) is 28.0. The largest absolute Gasteiger partial charge is 0.466 e. The Labute approximate surface area is 354 Å². The quantitative estimate of drug-likeness (QED) is 0.0324. The van der Waals surface area contributed by atoms with Gasteiger partial charge >= 0.3 is 5.97 Å². The van der Waals surface area contributed by atoms with Gasteiger partial charge in [0.1, 0.15) is 0 Å². The van der Waals surface area contributed by atoms with Crippen molar-refractivity contribution < 1.29 is 24.5 Å². The van der Waals surface area contributed by atoms with Gasteiger partial charge < -0.3 is 20.3 Å². The van der Waals surface area contributed by atoms with Gasteiger partial charge in [-0.1, -0.05) is 218 Å². The Morgan fingerprint density at radius 3 is 1.25 bits per heavy atom. The van der Waals surface area contributed by atoms with Crippen LogP contribution in [0.2, 0.25) is 0 Å². The second-order valence-electron chi connectivity index (χ2n) is 17.1. The minimum atomic E-state index is -0.865. The number of nitrogens with one attached hydrogen (secondary N) is 1. The molecule has 0 aromatic carbocycles. The fraction of sp³-hybridized carbons (Fsp3) is 0.882. The van der Waals surface area contributed by atoms with E-state index in [1.807, 2.05) is 6.08 Å². The molecule has 2 unspecified atom stereocenters. The molecule has 0 aliphatic carbocycles. The molecular formula is C51H97NO5. The number of hydrogen-bond donors (Lipinski definition) is 3. The Morgan fingerprint density at radius 2 is 0.825 bits per heavy atom. The van der Waals surface area contributed by atoms with Crippen LogP contribution in [0.3, 0.4) is 0 Å². The van der Waals surface area contributed by atoms with Crippen LogP contribution in [0, 0.1) is 0 Å². The van der Waals surface area contributed by atoms with E-state index < -0.39 is 12.1 Å². The van der Waals surface area contributed by atoms with Gasteiger partial charge in [-0.3, -0.25) is 9.59 Å². The molecule has 3 N–H and O–H groups in total. The lowest BCUT2D eigenvalue weighted by Gasteiger charge is -2.20. The number of unbranched alkanes of at least 4 members (excludes halogenated alkanes) is 33. The minimum absolute atomic E-state index is 0.0371. The van der Waals surface area contributed by atoms with Crippen LogP contribution in [-0.4, -0.2) is 47.4 Å². The van der Waals surface area contributed by atoms with E-state index in [9.17, 15) is 19.8 Å². The standard InChI is InChI=1S/C51H97NO5/c1-3-5-7-9-11-13-15-17-18-19-20-22-23-27-31-35-39-43-49(54)48(47-53)52-50(55)44-40-36-32-28-25-26-30-34-38-42-46-57-51(56)45-41-37-33-29-24-21-16-14-12-10-8-6-4-2/h26,30,39,43,48-49,53-54H,3-25,27-29,31-38,40-42,44-47H2,1-2H3,(H,52,55)/b30-26-,43-39+. The molecule has 0 aliphatic heterocycles. The van der Waals surface area contributed by atoms with E-state index in [1.54, 1.807) is 6.08 Å². The van der Waals surface area contributed by atoms with Crippen LogP contribution in [0.15, 0.2) is 24.3 Å². The molecule has 336 valence electrons. The molecule has 0 aromatic rings. The number of carbonyl (C=O) groups excluding carboxylic acids is 2. The van der Waals surface area contributed by atoms with Crippen LogP contribution in [0.1, 0.15) is 264 Å². The van der Waals surface area contributed by atoms with Crippen molar-refractivity contribution in [1.29, 1.82) is 0 Å². The SMILES string of the molecule is CCCCCCCCCCCCCCCCC/C=C/C(O)C(CO)NC(=O)CCCCCC/C=C\CCCCOC(=O)CCCCCCCCCCCCCCC. The third-order valence-electron chi connectivity index (χ3n) is 11.5. The van der Waals surface area contributed by atoms with E-state index in [4.69, 9.17) is 4.74 Å². The van der Waals surface area contributed by atoms with Gasteiger partial charge in [0.05, 0.1) is 25.4 Å². The number of esters is 1. The number of hydrogen-bond acceptors (Lipinski definition) is 5. The predicted octanol–water partition coefficient (Wildman–Crippen LogP) is 14.7. The molecule has 2 atom stereocenters. The van der Waals surface area contributed by atoms with Gasteiger partial charge in [-0.15, -0.1) is 0 Å². The Balaban J connectivity index is 3.57. The van der Waals surface area contributed by atoms with Crippen LogP contribution in [0.4, 0.5) is 0 Å². The first kappa shape index (κ1) is 55.3. The summed E-state index contributed by atoms with van der Waals surface area (Å²) in [4.78, 5) is 24.4. The van der Waals surface area contributed by atoms with Crippen LogP contribution >= 0.6 is 0 Å². The second-order valence-corrected chi connectivity index (χ2v) is 17.1. The van der Waals surface area contributed by atoms with E-state index in [0.717, 1.165) is 77.0 Å². The van der Waals surface area contributed by atoms with Gasteiger partial charge in [-0.25, -0.2) is 0 Å². The first-order valence-corrected chi connectivity index (χ1v) is 25.1. The maximum atomic E-state index is 12.4. The van der Waals surface area contributed by atoms with Crippen molar-refractivity contribution in [3.05, 3.63) is 24.3 Å². The third kappa shape index (κ3) is 43.7. The maximum Gasteiger partial charge on any atom is 0.305 e. The van der Waals surface area contributed by atoms with Crippen molar-refractivity contribution in [2.75, 3.05) is 13.2 Å². The fourth-order valence-corrected chi connectivity index (χ4v) is 7.57. The van der Waals surface area contributed by atoms with Crippen LogP contribution in [0.25, 0.3) is 0 Å². The van der Waals surface area contributed by atoms with Crippen LogP contribution in [0.5, 0.6) is 0 Å². The van der Waals surface area contributed by atoms with Crippen molar-refractivity contribution in [3.8, 4) is 0 Å². The first-order valence-electron chi connectivity index (χ1n) is 25.1. The summed E-state index contributed by atoms with van der Waals surface area (Å²) in [5.74, 6) is -0.140. The van der Waals surface area contributed by atoms with E-state index in [2.05, 4.69) is 31.3 Å². The van der Waals surface area contributed by atoms with Crippen LogP contribution in [-0.2, 0) is 14.3 Å². The van der Waals surface area contributed by atoms with Crippen molar-refractivity contribution in [2.45, 2.75) is 276 Å². The monoisotopic (exact) mass is 804 g/mol. The fourth-order valence-electron chi connectivity index (χ4n) is 7.57. The number of aliphatic hydroxyl groups is 2. The molecule has 0 radical (unpaired) electrons. The summed E-state index contributed by atoms with van der Waals surface area (Å²) in [6.07, 6.45) is 54.6. The number of carbonyl (C=O) groups is 2. The van der Waals surface area contributed by atoms with Gasteiger partial charge in [-0.05, 0) is 57.8 Å². The summed E-state index contributed by atoms with van der Waals surface area (Å²) in [6, 6.07) is -0.652. The van der Waals surface area contributed by atoms with Gasteiger partial charge in [0.2, 0.25) is 5.91 Å². The molecule has 0 bridgehead atoms. The summed E-state index contributed by atoms with van der Waals surface area (Å²) in [5.41, 5.74) is 0. The van der Waals surface area contributed by atoms with Crippen LogP contribution < -0.4 is 5.32 Å². The number of allylic oxidation sites excluding steroid dienone is 3. The highest BCUT2D eigenvalue weighted by Gasteiger charge is 2.18. The smallest absolute Gasteiger partial charge is 0.305 e. The van der Waals surface area contributed by atoms with Gasteiger partial charge in [0, 0.05) is 12.8 Å². The van der Waals surface area contributed by atoms with E-state index >= 15 is 0 Å². The molecule has 0 fully saturated rings. The lowest BCUT2D eigenvalue weighted by molar-refractivity contribution is -0.143. The summed E-state index contributed by atoms with van der Waals surface area (Å²) < 4.78 is 5.42. The van der Waals surface area contributed by atoms with Gasteiger partial charge in [0.15, 0.2) is 0 Å². The minimum Gasteiger partial charge on any atom is -0.466 e. The van der Waals surface area contributed by atoms with Gasteiger partial charge in [0.25, 0.3) is 0 Å². The molecule has 57 heavy (non-hydrogen) atoms. The maximum absolute atomic E-state index is 12.4. The van der Waals surface area contributed by atoms with Crippen molar-refractivity contribution in [1.82, 2.24) is 5.32 Å². The summed E-state index contributed by atoms with van der Waals surface area (Å²) in [6.45, 7) is 4.81. The Hall–Kier alpha value is -1.66. The van der Waals surface area contributed by atoms with E-state index in [1.165, 1.54) is 161 Å². The molecule has 0 aromatic heterocycles. The molecule has 0 aliphatic rings. The normalized spacial score (nSPS) is 12.8. The average Bonchev–Trinajstić information content (AvgIpc) is 3.21. The Morgan fingerprint density at radius 1 is 0.474 bits per heavy atom. The molecule has 0 saturated carbocycles. The second kappa shape index (κ2) is 47.0. The molecule has 6 heteroatoms. The number of aliphatic hydroxyl groups excluding tert-OH is 2. The predicted molar refractivity (Wildman–Crippen MR) is 246 cm³/mol. The molecule has 1 amide bonds. The summed E-state index contributed by atoms with van der Waals surface area (Å²) >= 11 is 0. The zero-order valence-corrected chi connectivity index (χ0v) is 38.1. The van der Waals surface area contributed by atoms with Crippen molar-refractivity contribution in [2.24, 2.45) is 0 Å². The lowest BCUT2D eigenvalue weighted by atomic mass is 10.0. The average molecular weight is 804 g/mol. The topological polar surface area (TPSA) is 95.9 Å². The zero-order valence-electron chi connectivity index (χ0n) is 38.1. The van der Waals surface area contributed by atoms with E-state index in [0.29, 0.717) is 19.4 Å². The lowest BCUT2D eigenvalue weighted by Crippen LogP contribution is -2.45. The molecule has 0 saturated heterocycles. The highest BCUT2D eigenvalue weighted by atomic mass is 16.5. The number of rotatable bonds is 46. The molecule has 0 rings (SSSR count). The zero-order chi connectivity index (χ0) is 41.5. The van der Waals surface area contributed by atoms with Gasteiger partial charge in [-0.2, -0.15) is 0 Å². The van der Waals surface area contributed by atoms with Crippen molar-refractivity contribution in [3.63, 3.8) is 0 Å². The molecule has 6 nitrogen and oxygen atoms in total. The van der Waals surface area contributed by atoms with Crippen molar-refractivity contribution >= 4 is 11.9 Å². The summed E-state index contributed by atoms with van der Waals surface area (Å²) in [5, 5.41) is 23.0. The number of amides is 1.